The van der Waals surface area contributed by atoms with Crippen molar-refractivity contribution in [3.8, 4) is 0 Å². The molecular weight excluding hydrogens is 320 g/mol. The molecule has 8 nitrogen and oxygen atoms in total. The number of aromatic nitrogens is 4. The van der Waals surface area contributed by atoms with E-state index >= 15 is 0 Å². The fourth-order valence-electron chi connectivity index (χ4n) is 3.06. The summed E-state index contributed by atoms with van der Waals surface area (Å²) in [5.41, 5.74) is 2.15. The summed E-state index contributed by atoms with van der Waals surface area (Å²) in [4.78, 5) is 16.4. The Labute approximate surface area is 144 Å². The number of carbonyl (C=O) groups excluding carboxylic acids is 1. The fraction of sp³-hybridized carbons (Fsp3) is 0.412. The topological polar surface area (TPSA) is 97.9 Å². The molecule has 0 spiro atoms. The molecule has 3 heterocycles. The Morgan fingerprint density at radius 3 is 3.16 bits per heavy atom. The van der Waals surface area contributed by atoms with Gasteiger partial charge in [0.2, 0.25) is 0 Å². The van der Waals surface area contributed by atoms with Crippen molar-refractivity contribution in [2.75, 3.05) is 11.9 Å². The van der Waals surface area contributed by atoms with E-state index in [1.54, 1.807) is 6.07 Å². The van der Waals surface area contributed by atoms with Gasteiger partial charge in [0, 0.05) is 38.0 Å². The molecule has 3 aromatic rings. The predicted octanol–water partition coefficient (Wildman–Crippen LogP) is 2.29. The lowest BCUT2D eigenvalue weighted by atomic mass is 10.3. The van der Waals surface area contributed by atoms with Gasteiger partial charge in [-0.2, -0.15) is 0 Å². The Hall–Kier alpha value is -2.90. The predicted molar refractivity (Wildman–Crippen MR) is 92.5 cm³/mol. The molecule has 0 aliphatic carbocycles. The van der Waals surface area contributed by atoms with E-state index in [2.05, 4.69) is 30.4 Å². The molecule has 0 atom stereocenters. The largest absolute Gasteiger partial charge is 0.441 e. The van der Waals surface area contributed by atoms with Crippen LogP contribution >= 0.6 is 0 Å². The highest BCUT2D eigenvalue weighted by molar-refractivity contribution is 5.91. The number of aryl methyl sites for hydroxylation is 2. The second-order valence-electron chi connectivity index (χ2n) is 6.06. The standard InChI is InChI=1S/C17H20N6O2/c1-2-16-20-12-10-11(5-6-13(12)25-16)19-17(24)18-8-7-15-22-21-14-4-3-9-23(14)15/h5-6,10H,2-4,7-9H2,1H3,(H2,18,19,24). The minimum atomic E-state index is -0.250. The van der Waals surface area contributed by atoms with Gasteiger partial charge in [-0.15, -0.1) is 10.2 Å². The Balaban J connectivity index is 1.32. The molecule has 25 heavy (non-hydrogen) atoms. The normalized spacial score (nSPS) is 13.2. The smallest absolute Gasteiger partial charge is 0.319 e. The molecule has 1 aliphatic rings. The Kier molecular flexibility index (Phi) is 4.09. The lowest BCUT2D eigenvalue weighted by molar-refractivity contribution is 0.252. The van der Waals surface area contributed by atoms with Crippen molar-refractivity contribution in [1.29, 1.82) is 0 Å². The number of anilines is 1. The van der Waals surface area contributed by atoms with Crippen molar-refractivity contribution >= 4 is 22.8 Å². The number of nitrogens with zero attached hydrogens (tertiary/aromatic N) is 4. The second-order valence-corrected chi connectivity index (χ2v) is 6.06. The van der Waals surface area contributed by atoms with Crippen LogP contribution < -0.4 is 10.6 Å². The molecular formula is C17H20N6O2. The number of rotatable bonds is 5. The maximum atomic E-state index is 12.1. The zero-order chi connectivity index (χ0) is 17.2. The van der Waals surface area contributed by atoms with Crippen LogP contribution in [0.4, 0.5) is 10.5 Å². The summed E-state index contributed by atoms with van der Waals surface area (Å²) in [6, 6.07) is 5.18. The molecule has 0 saturated heterocycles. The fourth-order valence-corrected chi connectivity index (χ4v) is 3.06. The Bertz CT molecular complexity index is 913. The van der Waals surface area contributed by atoms with Crippen LogP contribution in [-0.2, 0) is 25.8 Å². The first-order valence-electron chi connectivity index (χ1n) is 8.58. The third kappa shape index (κ3) is 3.19. The van der Waals surface area contributed by atoms with Crippen LogP contribution in [0.15, 0.2) is 22.6 Å². The van der Waals surface area contributed by atoms with Gasteiger partial charge >= 0.3 is 6.03 Å². The maximum absolute atomic E-state index is 12.1. The Morgan fingerprint density at radius 2 is 2.28 bits per heavy atom. The summed E-state index contributed by atoms with van der Waals surface area (Å²) in [6.45, 7) is 3.47. The average molecular weight is 340 g/mol. The molecule has 0 bridgehead atoms. The van der Waals surface area contributed by atoms with Crippen molar-refractivity contribution in [3.63, 3.8) is 0 Å². The van der Waals surface area contributed by atoms with Crippen LogP contribution in [0.5, 0.6) is 0 Å². The van der Waals surface area contributed by atoms with Gasteiger partial charge in [-0.05, 0) is 24.6 Å². The number of nitrogens with one attached hydrogen (secondary N) is 2. The number of oxazole rings is 1. The molecule has 0 radical (unpaired) electrons. The van der Waals surface area contributed by atoms with Crippen molar-refractivity contribution in [2.24, 2.45) is 0 Å². The van der Waals surface area contributed by atoms with Crippen LogP contribution in [0.25, 0.3) is 11.1 Å². The summed E-state index contributed by atoms with van der Waals surface area (Å²) in [7, 11) is 0. The van der Waals surface area contributed by atoms with E-state index in [0.29, 0.717) is 24.5 Å². The molecule has 1 aliphatic heterocycles. The summed E-state index contributed by atoms with van der Waals surface area (Å²) in [5.74, 6) is 2.67. The third-order valence-corrected chi connectivity index (χ3v) is 4.31. The number of hydrogen-bond acceptors (Lipinski definition) is 5. The first-order chi connectivity index (χ1) is 12.2. The van der Waals surface area contributed by atoms with Gasteiger partial charge in [-0.3, -0.25) is 0 Å². The van der Waals surface area contributed by atoms with Crippen LogP contribution in [-0.4, -0.2) is 32.3 Å². The number of urea groups is 1. The molecule has 0 fully saturated rings. The quantitative estimate of drug-likeness (QED) is 0.742. The first-order valence-corrected chi connectivity index (χ1v) is 8.58. The summed E-state index contributed by atoms with van der Waals surface area (Å²) in [5, 5.41) is 14.0. The van der Waals surface area contributed by atoms with Gasteiger partial charge in [0.25, 0.3) is 0 Å². The molecule has 2 N–H and O–H groups in total. The van der Waals surface area contributed by atoms with E-state index in [-0.39, 0.29) is 6.03 Å². The summed E-state index contributed by atoms with van der Waals surface area (Å²) < 4.78 is 7.71. The monoisotopic (exact) mass is 340 g/mol. The van der Waals surface area contributed by atoms with Crippen molar-refractivity contribution in [2.45, 2.75) is 39.2 Å². The highest BCUT2D eigenvalue weighted by Crippen LogP contribution is 2.20. The van der Waals surface area contributed by atoms with Gasteiger partial charge in [0.1, 0.15) is 17.2 Å². The van der Waals surface area contributed by atoms with Gasteiger partial charge < -0.3 is 19.6 Å². The summed E-state index contributed by atoms with van der Waals surface area (Å²) >= 11 is 0. The van der Waals surface area contributed by atoms with Gasteiger partial charge in [0.05, 0.1) is 0 Å². The van der Waals surface area contributed by atoms with Crippen LogP contribution in [0, 0.1) is 0 Å². The number of amides is 2. The number of benzene rings is 1. The average Bonchev–Trinajstić information content (AvgIpc) is 3.30. The molecule has 1 aromatic carbocycles. The van der Waals surface area contributed by atoms with E-state index in [4.69, 9.17) is 4.42 Å². The van der Waals surface area contributed by atoms with Gasteiger partial charge in [0.15, 0.2) is 11.5 Å². The Morgan fingerprint density at radius 1 is 1.36 bits per heavy atom. The molecule has 0 unspecified atom stereocenters. The molecule has 8 heteroatoms. The maximum Gasteiger partial charge on any atom is 0.319 e. The van der Waals surface area contributed by atoms with Gasteiger partial charge in [-0.1, -0.05) is 6.92 Å². The third-order valence-electron chi connectivity index (χ3n) is 4.31. The summed E-state index contributed by atoms with van der Waals surface area (Å²) in [6.07, 6.45) is 3.52. The highest BCUT2D eigenvalue weighted by Gasteiger charge is 2.16. The highest BCUT2D eigenvalue weighted by atomic mass is 16.3. The van der Waals surface area contributed by atoms with E-state index in [0.717, 1.165) is 48.6 Å². The minimum absolute atomic E-state index is 0.250. The molecule has 0 saturated carbocycles. The van der Waals surface area contributed by atoms with Crippen molar-refractivity contribution < 1.29 is 9.21 Å². The zero-order valence-corrected chi connectivity index (χ0v) is 14.1. The van der Waals surface area contributed by atoms with Crippen molar-refractivity contribution in [1.82, 2.24) is 25.1 Å². The van der Waals surface area contributed by atoms with E-state index in [1.807, 2.05) is 19.1 Å². The minimum Gasteiger partial charge on any atom is -0.441 e. The molecule has 2 amide bonds. The first kappa shape index (κ1) is 15.6. The van der Waals surface area contributed by atoms with Crippen molar-refractivity contribution in [3.05, 3.63) is 35.7 Å². The lowest BCUT2D eigenvalue weighted by Gasteiger charge is -2.07. The number of fused-ring (bicyclic) bond motifs is 2. The lowest BCUT2D eigenvalue weighted by Crippen LogP contribution is -2.30. The molecule has 2 aromatic heterocycles. The number of carbonyl (C=O) groups is 1. The van der Waals surface area contributed by atoms with Crippen LogP contribution in [0.1, 0.15) is 30.9 Å². The van der Waals surface area contributed by atoms with E-state index < -0.39 is 0 Å². The van der Waals surface area contributed by atoms with Gasteiger partial charge in [-0.25, -0.2) is 9.78 Å². The SMILES string of the molecule is CCc1nc2cc(NC(=O)NCCc3nnc4n3CCC4)ccc2o1. The van der Waals surface area contributed by atoms with E-state index in [1.165, 1.54) is 0 Å². The number of hydrogen-bond donors (Lipinski definition) is 2. The zero-order valence-electron chi connectivity index (χ0n) is 14.1. The van der Waals surface area contributed by atoms with Crippen LogP contribution in [0.2, 0.25) is 0 Å². The molecule has 4 rings (SSSR count). The van der Waals surface area contributed by atoms with E-state index in [9.17, 15) is 4.79 Å². The second kappa shape index (κ2) is 6.54. The van der Waals surface area contributed by atoms with Crippen LogP contribution in [0.3, 0.4) is 0 Å². The molecule has 130 valence electrons.